The summed E-state index contributed by atoms with van der Waals surface area (Å²) in [6, 6.07) is 5.75. The highest BCUT2D eigenvalue weighted by Gasteiger charge is 2.16. The molecule has 2 rings (SSSR count). The van der Waals surface area contributed by atoms with Crippen molar-refractivity contribution in [2.24, 2.45) is 5.92 Å². The van der Waals surface area contributed by atoms with Crippen molar-refractivity contribution >= 4 is 43.5 Å². The van der Waals surface area contributed by atoms with Crippen LogP contribution in [0.3, 0.4) is 0 Å². The van der Waals surface area contributed by atoms with Gasteiger partial charge in [0.2, 0.25) is 5.91 Å². The van der Waals surface area contributed by atoms with Crippen molar-refractivity contribution in [1.82, 2.24) is 5.32 Å². The van der Waals surface area contributed by atoms with Gasteiger partial charge in [-0.1, -0.05) is 15.9 Å². The van der Waals surface area contributed by atoms with Gasteiger partial charge in [-0.05, 0) is 66.0 Å². The quantitative estimate of drug-likeness (QED) is 0.844. The van der Waals surface area contributed by atoms with E-state index in [1.54, 1.807) is 0 Å². The van der Waals surface area contributed by atoms with E-state index in [1.165, 1.54) is 6.42 Å². The number of amides is 1. The maximum Gasteiger partial charge on any atom is 0.224 e. The average molecular weight is 376 g/mol. The van der Waals surface area contributed by atoms with E-state index in [2.05, 4.69) is 42.5 Å². The Hall–Kier alpha value is -0.390. The minimum atomic E-state index is 0.0840. The average Bonchev–Trinajstić information content (AvgIpc) is 2.84. The summed E-state index contributed by atoms with van der Waals surface area (Å²) in [4.78, 5) is 11.9. The first kappa shape index (κ1) is 14.0. The van der Waals surface area contributed by atoms with Gasteiger partial charge in [0.1, 0.15) is 0 Å². The summed E-state index contributed by atoms with van der Waals surface area (Å²) in [5, 5.41) is 6.26. The number of rotatable bonds is 4. The number of anilines is 1. The maximum atomic E-state index is 11.9. The van der Waals surface area contributed by atoms with Crippen molar-refractivity contribution in [2.45, 2.75) is 19.3 Å². The van der Waals surface area contributed by atoms with Gasteiger partial charge in [-0.25, -0.2) is 0 Å². The Bertz CT molecular complexity index is 431. The van der Waals surface area contributed by atoms with E-state index in [0.717, 1.165) is 34.1 Å². The second kappa shape index (κ2) is 6.68. The van der Waals surface area contributed by atoms with Crippen molar-refractivity contribution in [2.75, 3.05) is 18.4 Å². The van der Waals surface area contributed by atoms with Crippen LogP contribution in [0, 0.1) is 5.92 Å². The molecule has 5 heteroatoms. The molecular formula is C13H16Br2N2O. The molecule has 1 atom stereocenters. The van der Waals surface area contributed by atoms with Crippen molar-refractivity contribution in [3.63, 3.8) is 0 Å². The van der Waals surface area contributed by atoms with Crippen LogP contribution in [0.5, 0.6) is 0 Å². The van der Waals surface area contributed by atoms with Gasteiger partial charge in [-0.2, -0.15) is 0 Å². The molecule has 1 heterocycles. The van der Waals surface area contributed by atoms with Crippen LogP contribution in [0.2, 0.25) is 0 Å². The fourth-order valence-corrected chi connectivity index (χ4v) is 2.81. The predicted octanol–water partition coefficient (Wildman–Crippen LogP) is 3.54. The Balaban J connectivity index is 1.84. The molecule has 98 valence electrons. The van der Waals surface area contributed by atoms with Gasteiger partial charge in [-0.3, -0.25) is 4.79 Å². The monoisotopic (exact) mass is 374 g/mol. The van der Waals surface area contributed by atoms with Crippen LogP contribution >= 0.6 is 31.9 Å². The van der Waals surface area contributed by atoms with Gasteiger partial charge in [-0.15, -0.1) is 0 Å². The summed E-state index contributed by atoms with van der Waals surface area (Å²) in [6.45, 7) is 2.14. The van der Waals surface area contributed by atoms with E-state index < -0.39 is 0 Å². The second-order valence-corrected chi connectivity index (χ2v) is 6.34. The molecule has 0 radical (unpaired) electrons. The molecular weight excluding hydrogens is 360 g/mol. The summed E-state index contributed by atoms with van der Waals surface area (Å²) in [7, 11) is 0. The highest BCUT2D eigenvalue weighted by molar-refractivity contribution is 9.11. The fourth-order valence-electron chi connectivity index (χ4n) is 2.10. The third-order valence-corrected chi connectivity index (χ3v) is 4.33. The number of carbonyl (C=O) groups excluding carboxylic acids is 1. The van der Waals surface area contributed by atoms with Crippen LogP contribution in [0.15, 0.2) is 27.1 Å². The Morgan fingerprint density at radius 2 is 2.28 bits per heavy atom. The van der Waals surface area contributed by atoms with Crippen molar-refractivity contribution < 1.29 is 4.79 Å². The van der Waals surface area contributed by atoms with Gasteiger partial charge >= 0.3 is 0 Å². The lowest BCUT2D eigenvalue weighted by Gasteiger charge is -2.10. The molecule has 0 aliphatic carbocycles. The number of benzene rings is 1. The van der Waals surface area contributed by atoms with Crippen molar-refractivity contribution in [3.05, 3.63) is 27.1 Å². The Morgan fingerprint density at radius 1 is 1.44 bits per heavy atom. The molecule has 0 aromatic heterocycles. The summed E-state index contributed by atoms with van der Waals surface area (Å²) in [6.07, 6.45) is 2.74. The molecule has 0 bridgehead atoms. The number of carbonyl (C=O) groups is 1. The maximum absolute atomic E-state index is 11.9. The van der Waals surface area contributed by atoms with Crippen LogP contribution in [0.25, 0.3) is 0 Å². The third kappa shape index (κ3) is 4.07. The minimum Gasteiger partial charge on any atom is -0.325 e. The first-order valence-corrected chi connectivity index (χ1v) is 7.69. The normalized spacial score (nSPS) is 18.9. The highest BCUT2D eigenvalue weighted by atomic mass is 79.9. The van der Waals surface area contributed by atoms with Crippen LogP contribution in [0.4, 0.5) is 5.69 Å². The number of hydrogen-bond donors (Lipinski definition) is 2. The molecule has 2 N–H and O–H groups in total. The zero-order valence-corrected chi connectivity index (χ0v) is 13.2. The molecule has 1 fully saturated rings. The van der Waals surface area contributed by atoms with Gasteiger partial charge in [0.25, 0.3) is 0 Å². The molecule has 18 heavy (non-hydrogen) atoms. The van der Waals surface area contributed by atoms with Crippen LogP contribution in [-0.4, -0.2) is 19.0 Å². The Morgan fingerprint density at radius 3 is 3.00 bits per heavy atom. The molecule has 0 spiro atoms. The summed E-state index contributed by atoms with van der Waals surface area (Å²) in [5.41, 5.74) is 0.818. The summed E-state index contributed by atoms with van der Waals surface area (Å²) < 4.78 is 1.86. The fraction of sp³-hybridized carbons (Fsp3) is 0.462. The van der Waals surface area contributed by atoms with E-state index in [9.17, 15) is 4.79 Å². The lowest BCUT2D eigenvalue weighted by atomic mass is 10.0. The van der Waals surface area contributed by atoms with E-state index in [4.69, 9.17) is 0 Å². The van der Waals surface area contributed by atoms with Gasteiger partial charge < -0.3 is 10.6 Å². The zero-order valence-electron chi connectivity index (χ0n) is 10.0. The topological polar surface area (TPSA) is 41.1 Å². The van der Waals surface area contributed by atoms with Gasteiger partial charge in [0, 0.05) is 15.4 Å². The largest absolute Gasteiger partial charge is 0.325 e. The van der Waals surface area contributed by atoms with Crippen LogP contribution in [0.1, 0.15) is 19.3 Å². The molecule has 1 aromatic carbocycles. The molecule has 1 aromatic rings. The van der Waals surface area contributed by atoms with E-state index in [0.29, 0.717) is 12.3 Å². The number of hydrogen-bond acceptors (Lipinski definition) is 2. The standard InChI is InChI=1S/C13H16Br2N2O/c14-10-2-3-11(15)12(7-10)17-13(18)4-1-9-5-6-16-8-9/h2-3,7,9,16H,1,4-6,8H2,(H,17,18). The predicted molar refractivity (Wildman–Crippen MR) is 80.7 cm³/mol. The minimum absolute atomic E-state index is 0.0840. The van der Waals surface area contributed by atoms with Crippen molar-refractivity contribution in [1.29, 1.82) is 0 Å². The molecule has 1 aliphatic rings. The zero-order chi connectivity index (χ0) is 13.0. The molecule has 1 amide bonds. The van der Waals surface area contributed by atoms with E-state index in [-0.39, 0.29) is 5.91 Å². The summed E-state index contributed by atoms with van der Waals surface area (Å²) in [5.74, 6) is 0.738. The van der Waals surface area contributed by atoms with Gasteiger partial charge in [0.15, 0.2) is 0 Å². The Labute approximate surface area is 124 Å². The van der Waals surface area contributed by atoms with Crippen LogP contribution < -0.4 is 10.6 Å². The molecule has 0 saturated carbocycles. The lowest BCUT2D eigenvalue weighted by Crippen LogP contribution is -2.15. The highest BCUT2D eigenvalue weighted by Crippen LogP contribution is 2.26. The smallest absolute Gasteiger partial charge is 0.224 e. The molecule has 1 aliphatic heterocycles. The summed E-state index contributed by atoms with van der Waals surface area (Å²) >= 11 is 6.83. The second-order valence-electron chi connectivity index (χ2n) is 4.57. The van der Waals surface area contributed by atoms with Crippen molar-refractivity contribution in [3.8, 4) is 0 Å². The molecule has 1 unspecified atom stereocenters. The molecule has 1 saturated heterocycles. The SMILES string of the molecule is O=C(CCC1CCNC1)Nc1cc(Br)ccc1Br. The first-order chi connectivity index (χ1) is 8.65. The lowest BCUT2D eigenvalue weighted by molar-refractivity contribution is -0.116. The number of halogens is 2. The first-order valence-electron chi connectivity index (χ1n) is 6.11. The van der Waals surface area contributed by atoms with E-state index in [1.807, 2.05) is 18.2 Å². The van der Waals surface area contributed by atoms with Crippen LogP contribution in [-0.2, 0) is 4.79 Å². The number of nitrogens with one attached hydrogen (secondary N) is 2. The third-order valence-electron chi connectivity index (χ3n) is 3.14. The Kier molecular flexibility index (Phi) is 5.21. The molecule has 3 nitrogen and oxygen atoms in total. The van der Waals surface area contributed by atoms with E-state index >= 15 is 0 Å². The van der Waals surface area contributed by atoms with Gasteiger partial charge in [0.05, 0.1) is 5.69 Å².